The molecule has 1 rings (SSSR count). The van der Waals surface area contributed by atoms with Crippen LogP contribution in [-0.2, 0) is 10.0 Å². The first kappa shape index (κ1) is 12.0. The maximum atomic E-state index is 11.8. The Bertz CT molecular complexity index is 476. The molecule has 0 spiro atoms. The van der Waals surface area contributed by atoms with E-state index in [9.17, 15) is 8.42 Å². The van der Waals surface area contributed by atoms with Crippen LogP contribution in [0.5, 0.6) is 0 Å². The van der Waals surface area contributed by atoms with Crippen LogP contribution in [0, 0.1) is 11.3 Å². The van der Waals surface area contributed by atoms with Gasteiger partial charge in [-0.3, -0.25) is 0 Å². The third kappa shape index (κ3) is 2.69. The summed E-state index contributed by atoms with van der Waals surface area (Å²) in [6.07, 6.45) is 0. The molecule has 0 N–H and O–H groups in total. The Morgan fingerprint density at radius 1 is 1.40 bits per heavy atom. The average Bonchev–Trinajstić information content (AvgIpc) is 2.18. The molecule has 0 saturated heterocycles. The van der Waals surface area contributed by atoms with Gasteiger partial charge in [-0.25, -0.2) is 8.42 Å². The molecule has 80 valence electrons. The second-order valence-electron chi connectivity index (χ2n) is 2.87. The summed E-state index contributed by atoms with van der Waals surface area (Å²) in [7, 11) is -2.21. The molecule has 6 heteroatoms. The zero-order valence-electron chi connectivity index (χ0n) is 8.01. The molecule has 0 heterocycles. The van der Waals surface area contributed by atoms with Crippen molar-refractivity contribution in [3.8, 4) is 6.07 Å². The van der Waals surface area contributed by atoms with E-state index in [1.807, 2.05) is 0 Å². The first-order valence-corrected chi connectivity index (χ1v) is 5.89. The predicted molar refractivity (Wildman–Crippen MR) is 56.9 cm³/mol. The molecule has 4 nitrogen and oxygen atoms in total. The summed E-state index contributed by atoms with van der Waals surface area (Å²) in [5, 5.41) is 8.88. The van der Waals surface area contributed by atoms with Crippen molar-refractivity contribution in [3.63, 3.8) is 0 Å². The van der Waals surface area contributed by atoms with Gasteiger partial charge >= 0.3 is 0 Å². The zero-order valence-corrected chi connectivity index (χ0v) is 9.59. The van der Waals surface area contributed by atoms with E-state index in [0.717, 1.165) is 4.31 Å². The van der Waals surface area contributed by atoms with Crippen LogP contribution >= 0.6 is 11.6 Å². The Balaban J connectivity index is 3.07. The maximum Gasteiger partial charge on any atom is 0.243 e. The lowest BCUT2D eigenvalue weighted by Gasteiger charge is -2.13. The van der Waals surface area contributed by atoms with Crippen LogP contribution in [-0.4, -0.2) is 26.3 Å². The number of nitriles is 1. The van der Waals surface area contributed by atoms with Crippen molar-refractivity contribution >= 4 is 21.6 Å². The van der Waals surface area contributed by atoms with Gasteiger partial charge in [0.05, 0.1) is 11.0 Å². The Hall–Kier alpha value is -1.09. The summed E-state index contributed by atoms with van der Waals surface area (Å²) in [6, 6.07) is 7.58. The monoisotopic (exact) mass is 244 g/mol. The molecular weight excluding hydrogens is 236 g/mol. The van der Waals surface area contributed by atoms with E-state index in [4.69, 9.17) is 16.9 Å². The lowest BCUT2D eigenvalue weighted by Crippen LogP contribution is -2.27. The molecule has 0 aliphatic rings. The van der Waals surface area contributed by atoms with Crippen molar-refractivity contribution in [1.82, 2.24) is 4.31 Å². The number of benzene rings is 1. The van der Waals surface area contributed by atoms with E-state index in [1.54, 1.807) is 6.07 Å². The molecule has 1 aromatic carbocycles. The first-order valence-electron chi connectivity index (χ1n) is 4.07. The van der Waals surface area contributed by atoms with E-state index in [2.05, 4.69) is 0 Å². The van der Waals surface area contributed by atoms with Crippen molar-refractivity contribution in [2.45, 2.75) is 4.90 Å². The predicted octanol–water partition coefficient (Wildman–Crippen LogP) is 1.48. The second-order valence-corrected chi connectivity index (χ2v) is 5.35. The molecule has 15 heavy (non-hydrogen) atoms. The van der Waals surface area contributed by atoms with Gasteiger partial charge < -0.3 is 0 Å². The summed E-state index contributed by atoms with van der Waals surface area (Å²) in [5.41, 5.74) is 0. The minimum atomic E-state index is -3.57. The van der Waals surface area contributed by atoms with Gasteiger partial charge in [-0.2, -0.15) is 9.57 Å². The number of nitrogens with zero attached hydrogens (tertiary/aromatic N) is 2. The van der Waals surface area contributed by atoms with E-state index in [-0.39, 0.29) is 11.4 Å². The van der Waals surface area contributed by atoms with Gasteiger partial charge in [0.1, 0.15) is 6.54 Å². The van der Waals surface area contributed by atoms with Crippen molar-refractivity contribution in [2.75, 3.05) is 13.6 Å². The standard InChI is InChI=1S/C9H9ClN2O2S/c1-12(7-6-11)15(13,14)9-4-2-8(10)3-5-9/h2-5H,7H2,1H3. The highest BCUT2D eigenvalue weighted by molar-refractivity contribution is 7.89. The summed E-state index contributed by atoms with van der Waals surface area (Å²) < 4.78 is 24.5. The SMILES string of the molecule is CN(CC#N)S(=O)(=O)c1ccc(Cl)cc1. The smallest absolute Gasteiger partial charge is 0.207 e. The van der Waals surface area contributed by atoms with Crippen LogP contribution in [0.2, 0.25) is 5.02 Å². The lowest BCUT2D eigenvalue weighted by atomic mass is 10.4. The van der Waals surface area contributed by atoms with Crippen molar-refractivity contribution < 1.29 is 8.42 Å². The normalized spacial score (nSPS) is 11.3. The van der Waals surface area contributed by atoms with Gasteiger partial charge in [0.25, 0.3) is 0 Å². The van der Waals surface area contributed by atoms with Crippen LogP contribution in [0.1, 0.15) is 0 Å². The van der Waals surface area contributed by atoms with Crippen LogP contribution in [0.3, 0.4) is 0 Å². The zero-order chi connectivity index (χ0) is 11.5. The number of hydrogen-bond donors (Lipinski definition) is 0. The average molecular weight is 245 g/mol. The molecule has 0 radical (unpaired) electrons. The number of halogens is 1. The number of sulfonamides is 1. The minimum Gasteiger partial charge on any atom is -0.207 e. The van der Waals surface area contributed by atoms with Crippen LogP contribution in [0.25, 0.3) is 0 Å². The minimum absolute atomic E-state index is 0.129. The third-order valence-electron chi connectivity index (χ3n) is 1.82. The van der Waals surface area contributed by atoms with Gasteiger partial charge in [-0.15, -0.1) is 0 Å². The fourth-order valence-corrected chi connectivity index (χ4v) is 2.16. The highest BCUT2D eigenvalue weighted by Gasteiger charge is 2.19. The molecule has 0 aliphatic heterocycles. The fraction of sp³-hybridized carbons (Fsp3) is 0.222. The van der Waals surface area contributed by atoms with Crippen molar-refractivity contribution in [3.05, 3.63) is 29.3 Å². The van der Waals surface area contributed by atoms with Crippen LogP contribution in [0.15, 0.2) is 29.2 Å². The highest BCUT2D eigenvalue weighted by Crippen LogP contribution is 2.16. The van der Waals surface area contributed by atoms with Crippen LogP contribution < -0.4 is 0 Å². The van der Waals surface area contributed by atoms with Gasteiger partial charge in [0.15, 0.2) is 0 Å². The summed E-state index contributed by atoms with van der Waals surface area (Å²) in [4.78, 5) is 0.129. The molecule has 0 unspecified atom stereocenters. The fourth-order valence-electron chi connectivity index (χ4n) is 0.971. The van der Waals surface area contributed by atoms with Gasteiger partial charge in [0, 0.05) is 12.1 Å². The Kier molecular flexibility index (Phi) is 3.69. The molecule has 0 aliphatic carbocycles. The molecule has 0 bridgehead atoms. The number of hydrogen-bond acceptors (Lipinski definition) is 3. The third-order valence-corrected chi connectivity index (χ3v) is 3.88. The topological polar surface area (TPSA) is 61.2 Å². The second kappa shape index (κ2) is 4.62. The quantitative estimate of drug-likeness (QED) is 0.757. The van der Waals surface area contributed by atoms with E-state index >= 15 is 0 Å². The Morgan fingerprint density at radius 2 is 1.93 bits per heavy atom. The maximum absolute atomic E-state index is 11.8. The summed E-state index contributed by atoms with van der Waals surface area (Å²) in [6.45, 7) is -0.176. The molecule has 0 atom stereocenters. The van der Waals surface area contributed by atoms with Crippen molar-refractivity contribution in [1.29, 1.82) is 5.26 Å². The highest BCUT2D eigenvalue weighted by atomic mass is 35.5. The van der Waals surface area contributed by atoms with Gasteiger partial charge in [-0.05, 0) is 24.3 Å². The summed E-state index contributed by atoms with van der Waals surface area (Å²) in [5.74, 6) is 0. The Morgan fingerprint density at radius 3 is 2.40 bits per heavy atom. The largest absolute Gasteiger partial charge is 0.243 e. The molecule has 0 aromatic heterocycles. The molecule has 0 fully saturated rings. The Labute approximate surface area is 93.7 Å². The lowest BCUT2D eigenvalue weighted by molar-refractivity contribution is 0.501. The summed E-state index contributed by atoms with van der Waals surface area (Å²) >= 11 is 5.64. The first-order chi connectivity index (χ1) is 6.98. The molecule has 0 saturated carbocycles. The van der Waals surface area contributed by atoms with Gasteiger partial charge in [-0.1, -0.05) is 11.6 Å². The van der Waals surface area contributed by atoms with E-state index in [1.165, 1.54) is 31.3 Å². The van der Waals surface area contributed by atoms with E-state index < -0.39 is 10.0 Å². The van der Waals surface area contributed by atoms with Crippen molar-refractivity contribution in [2.24, 2.45) is 0 Å². The number of rotatable bonds is 3. The van der Waals surface area contributed by atoms with Crippen LogP contribution in [0.4, 0.5) is 0 Å². The van der Waals surface area contributed by atoms with Gasteiger partial charge in [0.2, 0.25) is 10.0 Å². The molecule has 1 aromatic rings. The molecule has 0 amide bonds. The molecular formula is C9H9ClN2O2S. The van der Waals surface area contributed by atoms with E-state index in [0.29, 0.717) is 5.02 Å².